The summed E-state index contributed by atoms with van der Waals surface area (Å²) >= 11 is 5.96. The van der Waals surface area contributed by atoms with E-state index in [0.29, 0.717) is 10.8 Å². The van der Waals surface area contributed by atoms with Crippen LogP contribution in [0, 0.1) is 6.92 Å². The molecule has 16 heavy (non-hydrogen) atoms. The van der Waals surface area contributed by atoms with E-state index in [4.69, 9.17) is 22.1 Å². The summed E-state index contributed by atoms with van der Waals surface area (Å²) < 4.78 is 5.27. The lowest BCUT2D eigenvalue weighted by Crippen LogP contribution is -1.90. The minimum atomic E-state index is 0.483. The second-order valence-corrected chi connectivity index (χ2v) is 3.89. The number of nitrogens with two attached hydrogens (primary N) is 1. The van der Waals surface area contributed by atoms with E-state index < -0.39 is 0 Å². The Hall–Kier alpha value is -1.68. The molecule has 84 valence electrons. The monoisotopic (exact) mass is 237 g/mol. The Morgan fingerprint density at radius 3 is 2.75 bits per heavy atom. The number of nitrogens with zero attached hydrogens (tertiary/aromatic N) is 1. The maximum atomic E-state index is 5.96. The average molecular weight is 238 g/mol. The molecule has 1 heterocycles. The number of hydrogen-bond acceptors (Lipinski definition) is 3. The summed E-state index contributed by atoms with van der Waals surface area (Å²) in [5.41, 5.74) is 8.27. The summed E-state index contributed by atoms with van der Waals surface area (Å²) in [6, 6.07) is 5.41. The Bertz CT molecular complexity index is 522. The van der Waals surface area contributed by atoms with Crippen LogP contribution in [0.5, 0.6) is 5.75 Å². The van der Waals surface area contributed by atoms with Crippen molar-refractivity contribution in [2.24, 2.45) is 0 Å². The van der Waals surface area contributed by atoms with Gasteiger partial charge >= 0.3 is 0 Å². The van der Waals surface area contributed by atoms with Crippen molar-refractivity contribution in [3.8, 4) is 17.0 Å². The molecular weight excluding hydrogens is 226 g/mol. The summed E-state index contributed by atoms with van der Waals surface area (Å²) in [5, 5.41) is 7.47. The number of hydrogen-bond donors (Lipinski definition) is 2. The number of halogens is 1. The van der Waals surface area contributed by atoms with Gasteiger partial charge in [0.1, 0.15) is 11.6 Å². The van der Waals surface area contributed by atoms with Crippen molar-refractivity contribution >= 4 is 17.4 Å². The van der Waals surface area contributed by atoms with E-state index in [9.17, 15) is 0 Å². The van der Waals surface area contributed by atoms with Gasteiger partial charge in [-0.05, 0) is 25.1 Å². The fraction of sp³-hybridized carbons (Fsp3) is 0.182. The molecule has 0 saturated heterocycles. The van der Waals surface area contributed by atoms with Crippen LogP contribution in [0.25, 0.3) is 11.3 Å². The van der Waals surface area contributed by atoms with Gasteiger partial charge < -0.3 is 10.5 Å². The van der Waals surface area contributed by atoms with Crippen LogP contribution in [-0.4, -0.2) is 17.3 Å². The molecule has 0 amide bonds. The molecule has 0 spiro atoms. The van der Waals surface area contributed by atoms with Gasteiger partial charge in [0.2, 0.25) is 0 Å². The molecule has 0 fully saturated rings. The van der Waals surface area contributed by atoms with Crippen molar-refractivity contribution in [2.75, 3.05) is 12.8 Å². The van der Waals surface area contributed by atoms with Crippen LogP contribution in [0.1, 0.15) is 5.56 Å². The minimum absolute atomic E-state index is 0.483. The molecule has 4 nitrogen and oxygen atoms in total. The largest absolute Gasteiger partial charge is 0.496 e. The lowest BCUT2D eigenvalue weighted by Gasteiger charge is -2.07. The van der Waals surface area contributed by atoms with Crippen LogP contribution < -0.4 is 10.5 Å². The fourth-order valence-corrected chi connectivity index (χ4v) is 1.72. The molecular formula is C11H12ClN3O. The Morgan fingerprint density at radius 1 is 1.44 bits per heavy atom. The first-order valence-electron chi connectivity index (χ1n) is 4.78. The van der Waals surface area contributed by atoms with Crippen molar-refractivity contribution in [2.45, 2.75) is 6.92 Å². The smallest absolute Gasteiger partial charge is 0.148 e. The third kappa shape index (κ3) is 1.72. The fourth-order valence-electron chi connectivity index (χ4n) is 1.55. The predicted molar refractivity (Wildman–Crippen MR) is 64.7 cm³/mol. The molecule has 0 unspecified atom stereocenters. The van der Waals surface area contributed by atoms with Gasteiger partial charge in [-0.15, -0.1) is 0 Å². The second-order valence-electron chi connectivity index (χ2n) is 3.45. The number of aromatic nitrogens is 2. The Balaban J connectivity index is 2.62. The van der Waals surface area contributed by atoms with Crippen molar-refractivity contribution in [1.82, 2.24) is 10.2 Å². The number of nitrogen functional groups attached to an aromatic ring is 1. The van der Waals surface area contributed by atoms with Crippen LogP contribution in [0.3, 0.4) is 0 Å². The number of nitrogens with one attached hydrogen (secondary N) is 1. The first kappa shape index (κ1) is 10.8. The van der Waals surface area contributed by atoms with Crippen LogP contribution in [0.2, 0.25) is 5.02 Å². The van der Waals surface area contributed by atoms with E-state index in [2.05, 4.69) is 10.2 Å². The van der Waals surface area contributed by atoms with Gasteiger partial charge in [-0.1, -0.05) is 11.6 Å². The number of ether oxygens (including phenoxy) is 1. The number of aromatic amines is 1. The highest BCUT2D eigenvalue weighted by atomic mass is 35.5. The molecule has 0 saturated carbocycles. The van der Waals surface area contributed by atoms with Gasteiger partial charge in [0, 0.05) is 16.1 Å². The number of methoxy groups -OCH3 is 1. The highest BCUT2D eigenvalue weighted by Crippen LogP contribution is 2.34. The number of H-pyrrole nitrogens is 1. The number of anilines is 1. The highest BCUT2D eigenvalue weighted by molar-refractivity contribution is 6.31. The third-order valence-corrected chi connectivity index (χ3v) is 2.71. The highest BCUT2D eigenvalue weighted by Gasteiger charge is 2.13. The first-order chi connectivity index (χ1) is 7.63. The zero-order chi connectivity index (χ0) is 11.7. The number of rotatable bonds is 2. The topological polar surface area (TPSA) is 63.9 Å². The molecule has 0 radical (unpaired) electrons. The summed E-state index contributed by atoms with van der Waals surface area (Å²) in [6.07, 6.45) is 0. The molecule has 2 aromatic rings. The van der Waals surface area contributed by atoms with E-state index in [0.717, 1.165) is 22.6 Å². The van der Waals surface area contributed by atoms with E-state index in [1.165, 1.54) is 0 Å². The normalized spacial score (nSPS) is 10.4. The molecule has 5 heteroatoms. The molecule has 0 bridgehead atoms. The third-order valence-electron chi connectivity index (χ3n) is 2.48. The summed E-state index contributed by atoms with van der Waals surface area (Å²) in [5.74, 6) is 1.22. The van der Waals surface area contributed by atoms with E-state index in [1.807, 2.05) is 19.1 Å². The zero-order valence-electron chi connectivity index (χ0n) is 9.04. The lowest BCUT2D eigenvalue weighted by atomic mass is 10.1. The quantitative estimate of drug-likeness (QED) is 0.844. The van der Waals surface area contributed by atoms with Crippen LogP contribution in [0.15, 0.2) is 18.2 Å². The molecule has 3 N–H and O–H groups in total. The minimum Gasteiger partial charge on any atom is -0.496 e. The first-order valence-corrected chi connectivity index (χ1v) is 5.15. The summed E-state index contributed by atoms with van der Waals surface area (Å²) in [6.45, 7) is 1.90. The molecule has 0 aliphatic heterocycles. The molecule has 2 rings (SSSR count). The molecule has 1 aromatic heterocycles. The standard InChI is InChI=1S/C11H12ClN3O/c1-6-10(14-15-11(6)13)8-5-7(12)3-4-9(8)16-2/h3-5H,1-2H3,(H3,13,14,15). The van der Waals surface area contributed by atoms with Gasteiger partial charge in [-0.3, -0.25) is 5.10 Å². The van der Waals surface area contributed by atoms with Gasteiger partial charge in [0.15, 0.2) is 0 Å². The van der Waals surface area contributed by atoms with Crippen molar-refractivity contribution < 1.29 is 4.74 Å². The van der Waals surface area contributed by atoms with E-state index in [1.54, 1.807) is 13.2 Å². The Kier molecular flexibility index (Phi) is 2.75. The van der Waals surface area contributed by atoms with Crippen molar-refractivity contribution in [3.63, 3.8) is 0 Å². The van der Waals surface area contributed by atoms with Gasteiger partial charge in [-0.25, -0.2) is 0 Å². The predicted octanol–water partition coefficient (Wildman–Crippen LogP) is 2.63. The van der Waals surface area contributed by atoms with Crippen LogP contribution in [-0.2, 0) is 0 Å². The Morgan fingerprint density at radius 2 is 2.19 bits per heavy atom. The maximum absolute atomic E-state index is 5.96. The van der Waals surface area contributed by atoms with Crippen molar-refractivity contribution in [3.05, 3.63) is 28.8 Å². The molecule has 0 aliphatic rings. The second kappa shape index (κ2) is 4.06. The number of benzene rings is 1. The summed E-state index contributed by atoms with van der Waals surface area (Å²) in [4.78, 5) is 0. The SMILES string of the molecule is COc1ccc(Cl)cc1-c1[nH]nc(N)c1C. The molecule has 0 aliphatic carbocycles. The van der Waals surface area contributed by atoms with Gasteiger partial charge in [-0.2, -0.15) is 5.10 Å². The van der Waals surface area contributed by atoms with Gasteiger partial charge in [0.05, 0.1) is 12.8 Å². The van der Waals surface area contributed by atoms with Crippen LogP contribution in [0.4, 0.5) is 5.82 Å². The maximum Gasteiger partial charge on any atom is 0.148 e. The van der Waals surface area contributed by atoms with E-state index >= 15 is 0 Å². The lowest BCUT2D eigenvalue weighted by molar-refractivity contribution is 0.416. The van der Waals surface area contributed by atoms with Crippen LogP contribution >= 0.6 is 11.6 Å². The zero-order valence-corrected chi connectivity index (χ0v) is 9.80. The van der Waals surface area contributed by atoms with E-state index in [-0.39, 0.29) is 0 Å². The molecule has 0 atom stereocenters. The van der Waals surface area contributed by atoms with Gasteiger partial charge in [0.25, 0.3) is 0 Å². The van der Waals surface area contributed by atoms with Crippen molar-refractivity contribution in [1.29, 1.82) is 0 Å². The Labute approximate surface area is 98.4 Å². The average Bonchev–Trinajstić information content (AvgIpc) is 2.60. The summed E-state index contributed by atoms with van der Waals surface area (Å²) in [7, 11) is 1.61. The molecule has 1 aromatic carbocycles.